The van der Waals surface area contributed by atoms with Gasteiger partial charge in [-0.2, -0.15) is 5.26 Å². The molecule has 0 radical (unpaired) electrons. The van der Waals surface area contributed by atoms with Gasteiger partial charge >= 0.3 is 5.97 Å². The fourth-order valence-corrected chi connectivity index (χ4v) is 4.28. The molecule has 0 unspecified atom stereocenters. The molecule has 7 heteroatoms. The van der Waals surface area contributed by atoms with Gasteiger partial charge in [-0.3, -0.25) is 4.79 Å². The summed E-state index contributed by atoms with van der Waals surface area (Å²) in [6.45, 7) is 5.48. The van der Waals surface area contributed by atoms with Gasteiger partial charge in [0, 0.05) is 26.2 Å². The minimum absolute atomic E-state index is 0.319. The highest BCUT2D eigenvalue weighted by molar-refractivity contribution is 5.85. The van der Waals surface area contributed by atoms with Gasteiger partial charge in [0.05, 0.1) is 23.7 Å². The fourth-order valence-electron chi connectivity index (χ4n) is 4.28. The first-order chi connectivity index (χ1) is 17.7. The second-order valence-electron chi connectivity index (χ2n) is 8.96. The molecule has 1 saturated heterocycles. The van der Waals surface area contributed by atoms with Gasteiger partial charge in [-0.05, 0) is 36.4 Å². The van der Waals surface area contributed by atoms with Crippen molar-refractivity contribution in [1.82, 2.24) is 14.9 Å². The van der Waals surface area contributed by atoms with Gasteiger partial charge in [-0.25, -0.2) is 9.97 Å². The minimum atomic E-state index is -1.11. The second-order valence-corrected chi connectivity index (χ2v) is 8.96. The number of rotatable bonds is 10. The van der Waals surface area contributed by atoms with Crippen LogP contribution in [0.4, 0.5) is 5.82 Å². The maximum atomic E-state index is 12.9. The number of carbonyl (C=O) groups excluding carboxylic acids is 1. The Labute approximate surface area is 213 Å². The Bertz CT molecular complexity index is 1210. The number of nitrogens with zero attached hydrogens (tertiary/aromatic N) is 5. The van der Waals surface area contributed by atoms with Crippen molar-refractivity contribution in [3.63, 3.8) is 0 Å². The van der Waals surface area contributed by atoms with E-state index in [1.807, 2.05) is 42.5 Å². The van der Waals surface area contributed by atoms with Crippen LogP contribution < -0.4 is 4.90 Å². The highest BCUT2D eigenvalue weighted by Crippen LogP contribution is 2.29. The maximum absolute atomic E-state index is 12.9. The molecule has 4 rings (SSSR count). The number of ether oxygens (including phenoxy) is 1. The molecule has 1 aliphatic rings. The van der Waals surface area contributed by atoms with E-state index >= 15 is 0 Å². The van der Waals surface area contributed by atoms with Crippen LogP contribution in [0.2, 0.25) is 0 Å². The van der Waals surface area contributed by atoms with Crippen molar-refractivity contribution in [2.45, 2.75) is 38.5 Å². The first-order valence-electron chi connectivity index (χ1n) is 12.7. The molecular weight excluding hydrogens is 450 g/mol. The number of carbonyl (C=O) groups is 1. The second kappa shape index (κ2) is 12.7. The van der Waals surface area contributed by atoms with Gasteiger partial charge in [0.1, 0.15) is 5.69 Å². The molecule has 186 valence electrons. The van der Waals surface area contributed by atoms with Gasteiger partial charge in [-0.1, -0.05) is 68.7 Å². The van der Waals surface area contributed by atoms with Crippen LogP contribution in [0, 0.1) is 11.3 Å². The molecule has 36 heavy (non-hydrogen) atoms. The fraction of sp³-hybridized carbons (Fsp3) is 0.379. The zero-order chi connectivity index (χ0) is 25.2. The minimum Gasteiger partial charge on any atom is -0.464 e. The SMILES string of the molecule is CCCCCCOC(=O)[C@@H](C#N)c1nc2ccccc2nc1N1CCN(/C=C/c2ccccc2)CC1. The molecule has 0 bridgehead atoms. The Kier molecular flexibility index (Phi) is 8.87. The third-order valence-electron chi connectivity index (χ3n) is 6.35. The molecular formula is C29H33N5O2. The van der Waals surface area contributed by atoms with Crippen molar-refractivity contribution in [1.29, 1.82) is 5.26 Å². The van der Waals surface area contributed by atoms with Gasteiger partial charge in [0.15, 0.2) is 11.7 Å². The highest BCUT2D eigenvalue weighted by Gasteiger charge is 2.31. The molecule has 1 fully saturated rings. The summed E-state index contributed by atoms with van der Waals surface area (Å²) < 4.78 is 5.48. The number of benzene rings is 2. The number of piperazine rings is 1. The van der Waals surface area contributed by atoms with E-state index in [-0.39, 0.29) is 0 Å². The van der Waals surface area contributed by atoms with Crippen molar-refractivity contribution >= 4 is 28.9 Å². The molecule has 1 aromatic heterocycles. The van der Waals surface area contributed by atoms with Crippen LogP contribution in [0.5, 0.6) is 0 Å². The molecule has 3 aromatic rings. The average molecular weight is 484 g/mol. The first-order valence-corrected chi connectivity index (χ1v) is 12.7. The average Bonchev–Trinajstić information content (AvgIpc) is 2.93. The molecule has 0 saturated carbocycles. The summed E-state index contributed by atoms with van der Waals surface area (Å²) in [6.07, 6.45) is 8.25. The lowest BCUT2D eigenvalue weighted by molar-refractivity contribution is -0.144. The smallest absolute Gasteiger partial charge is 0.329 e. The van der Waals surface area contributed by atoms with E-state index in [9.17, 15) is 10.1 Å². The van der Waals surface area contributed by atoms with E-state index < -0.39 is 11.9 Å². The Balaban J connectivity index is 1.51. The van der Waals surface area contributed by atoms with Crippen molar-refractivity contribution in [2.75, 3.05) is 37.7 Å². The molecule has 0 N–H and O–H groups in total. The number of hydrogen-bond acceptors (Lipinski definition) is 7. The van der Waals surface area contributed by atoms with E-state index in [1.54, 1.807) is 0 Å². The number of unbranched alkanes of at least 4 members (excludes halogenated alkanes) is 3. The Hall–Kier alpha value is -3.92. The lowest BCUT2D eigenvalue weighted by Gasteiger charge is -2.35. The first kappa shape index (κ1) is 25.2. The summed E-state index contributed by atoms with van der Waals surface area (Å²) in [7, 11) is 0. The summed E-state index contributed by atoms with van der Waals surface area (Å²) in [5.74, 6) is -1.07. The quantitative estimate of drug-likeness (QED) is 0.291. The van der Waals surface area contributed by atoms with Crippen LogP contribution in [0.3, 0.4) is 0 Å². The van der Waals surface area contributed by atoms with Crippen molar-refractivity contribution < 1.29 is 9.53 Å². The number of para-hydroxylation sites is 2. The van der Waals surface area contributed by atoms with Crippen LogP contribution in [0.15, 0.2) is 60.8 Å². The molecule has 2 heterocycles. The third kappa shape index (κ3) is 6.39. The predicted molar refractivity (Wildman–Crippen MR) is 142 cm³/mol. The van der Waals surface area contributed by atoms with Gasteiger partial charge in [-0.15, -0.1) is 0 Å². The molecule has 0 amide bonds. The van der Waals surface area contributed by atoms with Gasteiger partial charge in [0.25, 0.3) is 0 Å². The normalized spacial score (nSPS) is 14.7. The lowest BCUT2D eigenvalue weighted by Crippen LogP contribution is -2.45. The molecule has 7 nitrogen and oxygen atoms in total. The summed E-state index contributed by atoms with van der Waals surface area (Å²) in [5.41, 5.74) is 2.94. The molecule has 0 spiro atoms. The van der Waals surface area contributed by atoms with Crippen molar-refractivity contribution in [2.24, 2.45) is 0 Å². The third-order valence-corrected chi connectivity index (χ3v) is 6.35. The van der Waals surface area contributed by atoms with Crippen LogP contribution >= 0.6 is 0 Å². The van der Waals surface area contributed by atoms with E-state index in [0.717, 1.165) is 49.9 Å². The van der Waals surface area contributed by atoms with E-state index in [0.29, 0.717) is 36.7 Å². The van der Waals surface area contributed by atoms with E-state index in [1.165, 1.54) is 0 Å². The zero-order valence-electron chi connectivity index (χ0n) is 20.8. The standard InChI is InChI=1S/C29H33N5O2/c1-2-3-4-10-21-36-29(35)24(22-30)27-28(32-26-14-9-8-13-25(26)31-27)34-19-17-33(18-20-34)16-15-23-11-6-5-7-12-23/h5-9,11-16,24H,2-4,10,17-21H2,1H3/b16-15+/t24-/m0/s1. The topological polar surface area (TPSA) is 82.3 Å². The maximum Gasteiger partial charge on any atom is 0.329 e. The van der Waals surface area contributed by atoms with Crippen LogP contribution in [-0.2, 0) is 9.53 Å². The van der Waals surface area contributed by atoms with Gasteiger partial charge < -0.3 is 14.5 Å². The zero-order valence-corrected chi connectivity index (χ0v) is 20.8. The number of hydrogen-bond donors (Lipinski definition) is 0. The molecule has 1 atom stereocenters. The lowest BCUT2D eigenvalue weighted by atomic mass is 10.1. The summed E-state index contributed by atoms with van der Waals surface area (Å²) >= 11 is 0. The number of nitriles is 1. The number of aromatic nitrogens is 2. The Morgan fingerprint density at radius 3 is 2.39 bits per heavy atom. The Morgan fingerprint density at radius 1 is 1.00 bits per heavy atom. The number of fused-ring (bicyclic) bond motifs is 1. The summed E-state index contributed by atoms with van der Waals surface area (Å²) in [4.78, 5) is 26.9. The molecule has 0 aliphatic carbocycles. The van der Waals surface area contributed by atoms with E-state index in [4.69, 9.17) is 14.7 Å². The number of anilines is 1. The predicted octanol–water partition coefficient (Wildman–Crippen LogP) is 5.15. The Morgan fingerprint density at radius 2 is 1.69 bits per heavy atom. The van der Waals surface area contributed by atoms with E-state index in [2.05, 4.69) is 47.2 Å². The van der Waals surface area contributed by atoms with Crippen LogP contribution in [-0.4, -0.2) is 53.6 Å². The summed E-state index contributed by atoms with van der Waals surface area (Å²) in [6, 6.07) is 19.9. The van der Waals surface area contributed by atoms with Crippen molar-refractivity contribution in [3.8, 4) is 6.07 Å². The number of esters is 1. The van der Waals surface area contributed by atoms with Crippen LogP contribution in [0.1, 0.15) is 49.8 Å². The highest BCUT2D eigenvalue weighted by atomic mass is 16.5. The summed E-state index contributed by atoms with van der Waals surface area (Å²) in [5, 5.41) is 9.95. The van der Waals surface area contributed by atoms with Crippen molar-refractivity contribution in [3.05, 3.63) is 72.1 Å². The largest absolute Gasteiger partial charge is 0.464 e. The van der Waals surface area contributed by atoms with Gasteiger partial charge in [0.2, 0.25) is 0 Å². The van der Waals surface area contributed by atoms with Crippen LogP contribution in [0.25, 0.3) is 17.1 Å². The monoisotopic (exact) mass is 483 g/mol. The molecule has 1 aliphatic heterocycles. The molecule has 2 aromatic carbocycles.